The molecule has 2 aliphatic rings. The lowest BCUT2D eigenvalue weighted by Crippen LogP contribution is -2.52. The maximum Gasteiger partial charge on any atom is 0.236 e. The number of hydrogen-bond donors (Lipinski definition) is 1. The van der Waals surface area contributed by atoms with Gasteiger partial charge in [0.05, 0.1) is 18.8 Å². The quantitative estimate of drug-likeness (QED) is 0.818. The molecule has 5 nitrogen and oxygen atoms in total. The van der Waals surface area contributed by atoms with E-state index in [2.05, 4.69) is 10.2 Å². The number of likely N-dealkylation sites (tertiary alicyclic amines) is 1. The third-order valence-corrected chi connectivity index (χ3v) is 4.23. The van der Waals surface area contributed by atoms with E-state index in [1.165, 1.54) is 12.8 Å². The molecule has 0 aromatic heterocycles. The van der Waals surface area contributed by atoms with E-state index in [1.807, 2.05) is 25.8 Å². The number of piperidine rings is 1. The molecule has 0 radical (unpaired) electrons. The summed E-state index contributed by atoms with van der Waals surface area (Å²) in [6.45, 7) is 9.27. The number of nitrogens with one attached hydrogen (secondary N) is 1. The van der Waals surface area contributed by atoms with Crippen LogP contribution in [0.2, 0.25) is 0 Å². The van der Waals surface area contributed by atoms with E-state index >= 15 is 0 Å². The van der Waals surface area contributed by atoms with Crippen LogP contribution < -0.4 is 5.32 Å². The molecule has 2 fully saturated rings. The van der Waals surface area contributed by atoms with E-state index in [9.17, 15) is 4.79 Å². The summed E-state index contributed by atoms with van der Waals surface area (Å²) in [5.41, 5.74) is 0. The second-order valence-corrected chi connectivity index (χ2v) is 6.36. The summed E-state index contributed by atoms with van der Waals surface area (Å²) >= 11 is 0. The number of ether oxygens (including phenoxy) is 1. The van der Waals surface area contributed by atoms with Crippen LogP contribution in [-0.4, -0.2) is 74.2 Å². The highest BCUT2D eigenvalue weighted by molar-refractivity contribution is 5.78. The summed E-state index contributed by atoms with van der Waals surface area (Å²) < 4.78 is 5.69. The molecular weight excluding hydrogens is 254 g/mol. The third-order valence-electron chi connectivity index (χ3n) is 4.23. The van der Waals surface area contributed by atoms with Gasteiger partial charge in [-0.25, -0.2) is 0 Å². The van der Waals surface area contributed by atoms with Gasteiger partial charge in [0.15, 0.2) is 0 Å². The standard InChI is InChI=1S/C15H29N3O2/c1-12-8-18(9-13(2)20-12)15(19)11-17-6-4-5-14(10-17)7-16-3/h12-14,16H,4-11H2,1-3H3. The molecule has 3 unspecified atom stereocenters. The van der Waals surface area contributed by atoms with Gasteiger partial charge in [-0.2, -0.15) is 0 Å². The molecular formula is C15H29N3O2. The number of hydrogen-bond acceptors (Lipinski definition) is 4. The Morgan fingerprint density at radius 2 is 1.95 bits per heavy atom. The maximum atomic E-state index is 12.4. The summed E-state index contributed by atoms with van der Waals surface area (Å²) in [6, 6.07) is 0. The van der Waals surface area contributed by atoms with Crippen LogP contribution >= 0.6 is 0 Å². The number of carbonyl (C=O) groups excluding carboxylic acids is 1. The summed E-state index contributed by atoms with van der Waals surface area (Å²) in [5.74, 6) is 0.946. The summed E-state index contributed by atoms with van der Waals surface area (Å²) in [7, 11) is 2.00. The Bertz CT molecular complexity index is 312. The van der Waals surface area contributed by atoms with Crippen LogP contribution in [-0.2, 0) is 9.53 Å². The molecule has 20 heavy (non-hydrogen) atoms. The van der Waals surface area contributed by atoms with E-state index in [1.54, 1.807) is 0 Å². The first-order valence-corrected chi connectivity index (χ1v) is 7.88. The second kappa shape index (κ2) is 7.38. The monoisotopic (exact) mass is 283 g/mol. The minimum Gasteiger partial charge on any atom is -0.372 e. The Morgan fingerprint density at radius 1 is 1.25 bits per heavy atom. The average molecular weight is 283 g/mol. The van der Waals surface area contributed by atoms with Gasteiger partial charge in [0.25, 0.3) is 0 Å². The number of carbonyl (C=O) groups is 1. The molecule has 0 aliphatic carbocycles. The Hall–Kier alpha value is -0.650. The smallest absolute Gasteiger partial charge is 0.236 e. The first-order chi connectivity index (χ1) is 9.58. The van der Waals surface area contributed by atoms with Gasteiger partial charge in [-0.1, -0.05) is 0 Å². The van der Waals surface area contributed by atoms with Gasteiger partial charge in [-0.05, 0) is 52.7 Å². The van der Waals surface area contributed by atoms with Gasteiger partial charge in [-0.3, -0.25) is 9.69 Å². The zero-order valence-corrected chi connectivity index (χ0v) is 13.1. The van der Waals surface area contributed by atoms with Crippen LogP contribution in [0.5, 0.6) is 0 Å². The van der Waals surface area contributed by atoms with Crippen LogP contribution in [0.4, 0.5) is 0 Å². The zero-order valence-electron chi connectivity index (χ0n) is 13.1. The molecule has 2 heterocycles. The molecule has 0 bridgehead atoms. The highest BCUT2D eigenvalue weighted by Gasteiger charge is 2.28. The molecule has 0 aromatic carbocycles. The summed E-state index contributed by atoms with van der Waals surface area (Å²) in [4.78, 5) is 16.7. The van der Waals surface area contributed by atoms with Crippen LogP contribution in [0, 0.1) is 5.92 Å². The zero-order chi connectivity index (χ0) is 14.5. The molecule has 2 aliphatic heterocycles. The van der Waals surface area contributed by atoms with Crippen molar-refractivity contribution in [1.29, 1.82) is 0 Å². The average Bonchev–Trinajstić information content (AvgIpc) is 2.38. The van der Waals surface area contributed by atoms with Crippen LogP contribution in [0.25, 0.3) is 0 Å². The van der Waals surface area contributed by atoms with Gasteiger partial charge in [0.1, 0.15) is 0 Å². The molecule has 116 valence electrons. The molecule has 5 heteroatoms. The van der Waals surface area contributed by atoms with Crippen molar-refractivity contribution in [3.63, 3.8) is 0 Å². The van der Waals surface area contributed by atoms with Crippen molar-refractivity contribution >= 4 is 5.91 Å². The van der Waals surface area contributed by atoms with Gasteiger partial charge in [-0.15, -0.1) is 0 Å². The molecule has 0 spiro atoms. The Labute approximate surface area is 122 Å². The van der Waals surface area contributed by atoms with Crippen LogP contribution in [0.1, 0.15) is 26.7 Å². The lowest BCUT2D eigenvalue weighted by Gasteiger charge is -2.38. The minimum absolute atomic E-state index is 0.154. The SMILES string of the molecule is CNCC1CCCN(CC(=O)N2CC(C)OC(C)C2)C1. The number of rotatable bonds is 4. The van der Waals surface area contributed by atoms with Crippen LogP contribution in [0.15, 0.2) is 0 Å². The molecule has 1 amide bonds. The second-order valence-electron chi connectivity index (χ2n) is 6.36. The highest BCUT2D eigenvalue weighted by atomic mass is 16.5. The summed E-state index contributed by atoms with van der Waals surface area (Å²) in [6.07, 6.45) is 2.79. The predicted molar refractivity (Wildman–Crippen MR) is 79.7 cm³/mol. The van der Waals surface area contributed by atoms with E-state index in [0.29, 0.717) is 12.5 Å². The van der Waals surface area contributed by atoms with E-state index in [0.717, 1.165) is 32.7 Å². The number of amides is 1. The van der Waals surface area contributed by atoms with Crippen molar-refractivity contribution < 1.29 is 9.53 Å². The van der Waals surface area contributed by atoms with Crippen molar-refractivity contribution in [3.8, 4) is 0 Å². The topological polar surface area (TPSA) is 44.8 Å². The van der Waals surface area contributed by atoms with E-state index in [-0.39, 0.29) is 18.1 Å². The third kappa shape index (κ3) is 4.43. The van der Waals surface area contributed by atoms with Crippen molar-refractivity contribution in [2.75, 3.05) is 46.3 Å². The minimum atomic E-state index is 0.154. The van der Waals surface area contributed by atoms with Gasteiger partial charge < -0.3 is 15.0 Å². The molecule has 1 N–H and O–H groups in total. The van der Waals surface area contributed by atoms with E-state index in [4.69, 9.17) is 4.74 Å². The Morgan fingerprint density at radius 3 is 2.60 bits per heavy atom. The van der Waals surface area contributed by atoms with E-state index < -0.39 is 0 Å². The van der Waals surface area contributed by atoms with Crippen molar-refractivity contribution in [2.24, 2.45) is 5.92 Å². The van der Waals surface area contributed by atoms with Crippen molar-refractivity contribution in [2.45, 2.75) is 38.9 Å². The van der Waals surface area contributed by atoms with Gasteiger partial charge >= 0.3 is 0 Å². The Kier molecular flexibility index (Phi) is 5.81. The van der Waals surface area contributed by atoms with Crippen LogP contribution in [0.3, 0.4) is 0 Å². The summed E-state index contributed by atoms with van der Waals surface area (Å²) in [5, 5.41) is 3.25. The fraction of sp³-hybridized carbons (Fsp3) is 0.933. The number of nitrogens with zero attached hydrogens (tertiary/aromatic N) is 2. The fourth-order valence-electron chi connectivity index (χ4n) is 3.42. The molecule has 0 saturated carbocycles. The van der Waals surface area contributed by atoms with Crippen molar-refractivity contribution in [1.82, 2.24) is 15.1 Å². The normalized spacial score (nSPS) is 32.4. The Balaban J connectivity index is 1.81. The largest absolute Gasteiger partial charge is 0.372 e. The van der Waals surface area contributed by atoms with Gasteiger partial charge in [0.2, 0.25) is 5.91 Å². The molecule has 3 atom stereocenters. The molecule has 2 saturated heterocycles. The first kappa shape index (κ1) is 15.7. The lowest BCUT2D eigenvalue weighted by molar-refractivity contribution is -0.144. The fourth-order valence-corrected chi connectivity index (χ4v) is 3.42. The lowest BCUT2D eigenvalue weighted by atomic mass is 9.98. The highest BCUT2D eigenvalue weighted by Crippen LogP contribution is 2.16. The predicted octanol–water partition coefficient (Wildman–Crippen LogP) is 0.554. The van der Waals surface area contributed by atoms with Crippen molar-refractivity contribution in [3.05, 3.63) is 0 Å². The number of morpholine rings is 1. The van der Waals surface area contributed by atoms with Gasteiger partial charge in [0, 0.05) is 19.6 Å². The molecule has 0 aromatic rings. The maximum absolute atomic E-state index is 12.4. The first-order valence-electron chi connectivity index (χ1n) is 7.88. The molecule has 2 rings (SSSR count).